The van der Waals surface area contributed by atoms with Gasteiger partial charge in [0.05, 0.1) is 5.41 Å². The third-order valence-electron chi connectivity index (χ3n) is 3.70. The third-order valence-corrected chi connectivity index (χ3v) is 5.25. The Morgan fingerprint density at radius 1 is 1.00 bits per heavy atom. The van der Waals surface area contributed by atoms with Crippen molar-refractivity contribution in [2.24, 2.45) is 5.41 Å². The standard InChI is InChI=1S/C15H29BrO2S/c1-15(13-16,14(17)18)11-9-7-5-3-2-4-6-8-10-12-19/h19H,2-13H2,1H3,(H,17,18). The van der Waals surface area contributed by atoms with Crippen LogP contribution in [-0.2, 0) is 4.79 Å². The number of hydrogen-bond donors (Lipinski definition) is 2. The van der Waals surface area contributed by atoms with E-state index in [0.29, 0.717) is 5.33 Å². The van der Waals surface area contributed by atoms with Gasteiger partial charge in [-0.15, -0.1) is 0 Å². The molecule has 0 saturated heterocycles. The number of rotatable bonds is 13. The van der Waals surface area contributed by atoms with Crippen molar-refractivity contribution in [1.29, 1.82) is 0 Å². The van der Waals surface area contributed by atoms with E-state index >= 15 is 0 Å². The van der Waals surface area contributed by atoms with Crippen LogP contribution >= 0.6 is 28.6 Å². The highest BCUT2D eigenvalue weighted by molar-refractivity contribution is 9.09. The van der Waals surface area contributed by atoms with E-state index in [2.05, 4.69) is 28.6 Å². The predicted molar refractivity (Wildman–Crippen MR) is 89.6 cm³/mol. The second-order valence-electron chi connectivity index (χ2n) is 5.66. The van der Waals surface area contributed by atoms with Crippen LogP contribution in [0.4, 0.5) is 0 Å². The van der Waals surface area contributed by atoms with Crippen molar-refractivity contribution < 1.29 is 9.90 Å². The quantitative estimate of drug-likeness (QED) is 0.268. The first-order valence-electron chi connectivity index (χ1n) is 7.47. The van der Waals surface area contributed by atoms with Crippen molar-refractivity contribution in [3.63, 3.8) is 0 Å². The van der Waals surface area contributed by atoms with Crippen LogP contribution in [0.5, 0.6) is 0 Å². The molecule has 1 N–H and O–H groups in total. The Labute approximate surface area is 132 Å². The lowest BCUT2D eigenvalue weighted by Gasteiger charge is -2.21. The average Bonchev–Trinajstić information content (AvgIpc) is 2.40. The number of thiol groups is 1. The molecule has 0 aromatic rings. The van der Waals surface area contributed by atoms with E-state index in [1.165, 1.54) is 44.9 Å². The summed E-state index contributed by atoms with van der Waals surface area (Å²) in [6.45, 7) is 1.82. The molecular weight excluding hydrogens is 324 g/mol. The number of alkyl halides is 1. The molecule has 1 unspecified atom stereocenters. The second-order valence-corrected chi connectivity index (χ2v) is 6.66. The molecule has 0 saturated carbocycles. The lowest BCUT2D eigenvalue weighted by molar-refractivity contribution is -0.146. The van der Waals surface area contributed by atoms with Crippen LogP contribution in [0, 0.1) is 5.41 Å². The molecule has 0 fully saturated rings. The smallest absolute Gasteiger partial charge is 0.310 e. The van der Waals surface area contributed by atoms with Crippen LogP contribution < -0.4 is 0 Å². The highest BCUT2D eigenvalue weighted by atomic mass is 79.9. The minimum absolute atomic E-state index is 0.542. The van der Waals surface area contributed by atoms with Crippen molar-refractivity contribution >= 4 is 34.5 Å². The molecule has 4 heteroatoms. The molecule has 0 spiro atoms. The first-order chi connectivity index (χ1) is 9.06. The van der Waals surface area contributed by atoms with Crippen LogP contribution in [0.1, 0.15) is 71.1 Å². The van der Waals surface area contributed by atoms with Gasteiger partial charge in [-0.3, -0.25) is 4.79 Å². The van der Waals surface area contributed by atoms with Crippen molar-refractivity contribution in [2.75, 3.05) is 11.1 Å². The van der Waals surface area contributed by atoms with Gasteiger partial charge >= 0.3 is 5.97 Å². The Morgan fingerprint density at radius 2 is 1.42 bits per heavy atom. The van der Waals surface area contributed by atoms with Crippen molar-refractivity contribution in [2.45, 2.75) is 71.1 Å². The van der Waals surface area contributed by atoms with Crippen LogP contribution in [0.15, 0.2) is 0 Å². The molecule has 0 aliphatic carbocycles. The first-order valence-corrected chi connectivity index (χ1v) is 9.22. The molecule has 19 heavy (non-hydrogen) atoms. The molecule has 0 heterocycles. The molecule has 0 rings (SSSR count). The van der Waals surface area contributed by atoms with Gasteiger partial charge in [0, 0.05) is 5.33 Å². The summed E-state index contributed by atoms with van der Waals surface area (Å²) in [7, 11) is 0. The van der Waals surface area contributed by atoms with Crippen LogP contribution in [0.2, 0.25) is 0 Å². The molecule has 0 radical (unpaired) electrons. The zero-order valence-electron chi connectivity index (χ0n) is 12.2. The van der Waals surface area contributed by atoms with E-state index in [9.17, 15) is 4.79 Å². The average molecular weight is 353 g/mol. The Kier molecular flexibility index (Phi) is 12.3. The predicted octanol–water partition coefficient (Wildman–Crippen LogP) is 5.30. The first kappa shape index (κ1) is 19.3. The van der Waals surface area contributed by atoms with Gasteiger partial charge < -0.3 is 5.11 Å². The highest BCUT2D eigenvalue weighted by Crippen LogP contribution is 2.27. The highest BCUT2D eigenvalue weighted by Gasteiger charge is 2.30. The zero-order valence-corrected chi connectivity index (χ0v) is 14.6. The maximum atomic E-state index is 11.1. The van der Waals surface area contributed by atoms with Crippen LogP contribution in [0.3, 0.4) is 0 Å². The number of carboxylic acids is 1. The van der Waals surface area contributed by atoms with E-state index in [1.807, 2.05) is 6.92 Å². The summed E-state index contributed by atoms with van der Waals surface area (Å²) >= 11 is 7.51. The number of aliphatic carboxylic acids is 1. The lowest BCUT2D eigenvalue weighted by atomic mass is 9.87. The van der Waals surface area contributed by atoms with Crippen molar-refractivity contribution in [3.8, 4) is 0 Å². The Bertz CT molecular complexity index is 236. The summed E-state index contributed by atoms with van der Waals surface area (Å²) in [4.78, 5) is 11.1. The molecule has 0 aliphatic heterocycles. The van der Waals surface area contributed by atoms with Gasteiger partial charge in [0.1, 0.15) is 0 Å². The van der Waals surface area contributed by atoms with Gasteiger partial charge in [-0.25, -0.2) is 0 Å². The van der Waals surface area contributed by atoms with Crippen molar-refractivity contribution in [1.82, 2.24) is 0 Å². The molecule has 0 bridgehead atoms. The summed E-state index contributed by atoms with van der Waals surface area (Å²) in [6, 6.07) is 0. The number of unbranched alkanes of at least 4 members (excludes halogenated alkanes) is 8. The molecule has 1 atom stereocenters. The summed E-state index contributed by atoms with van der Waals surface area (Å²) < 4.78 is 0. The maximum absolute atomic E-state index is 11.1. The van der Waals surface area contributed by atoms with Crippen molar-refractivity contribution in [3.05, 3.63) is 0 Å². The van der Waals surface area contributed by atoms with Gasteiger partial charge in [0.25, 0.3) is 0 Å². The fourth-order valence-electron chi connectivity index (χ4n) is 2.10. The SMILES string of the molecule is CC(CBr)(CCCCCCCCCCCS)C(=O)O. The second kappa shape index (κ2) is 12.1. The number of halogens is 1. The Morgan fingerprint density at radius 3 is 1.79 bits per heavy atom. The third kappa shape index (κ3) is 9.78. The van der Waals surface area contributed by atoms with E-state index in [-0.39, 0.29) is 0 Å². The fourth-order valence-corrected chi connectivity index (χ4v) is 2.84. The molecular formula is C15H29BrO2S. The summed E-state index contributed by atoms with van der Waals surface area (Å²) in [5, 5.41) is 9.68. The number of carbonyl (C=O) groups is 1. The summed E-state index contributed by atoms with van der Waals surface area (Å²) in [5.74, 6) is 0.323. The summed E-state index contributed by atoms with van der Waals surface area (Å²) in [5.41, 5.74) is -0.590. The zero-order chi connectivity index (χ0) is 14.6. The monoisotopic (exact) mass is 352 g/mol. The largest absolute Gasteiger partial charge is 0.481 e. The molecule has 114 valence electrons. The van der Waals surface area contributed by atoms with Crippen LogP contribution in [0.25, 0.3) is 0 Å². The molecule has 0 aromatic carbocycles. The minimum Gasteiger partial charge on any atom is -0.481 e. The minimum atomic E-state index is -0.687. The van der Waals surface area contributed by atoms with E-state index < -0.39 is 11.4 Å². The van der Waals surface area contributed by atoms with Gasteiger partial charge in [0.2, 0.25) is 0 Å². The normalized spacial score (nSPS) is 14.3. The van der Waals surface area contributed by atoms with E-state index in [4.69, 9.17) is 5.11 Å². The number of hydrogen-bond acceptors (Lipinski definition) is 2. The van der Waals surface area contributed by atoms with E-state index in [1.54, 1.807) is 0 Å². The van der Waals surface area contributed by atoms with Gasteiger partial charge in [-0.1, -0.05) is 67.3 Å². The Hall–Kier alpha value is 0.300. The van der Waals surface area contributed by atoms with Gasteiger partial charge in [-0.05, 0) is 25.5 Å². The Balaban J connectivity index is 3.38. The molecule has 0 amide bonds. The summed E-state index contributed by atoms with van der Waals surface area (Å²) in [6.07, 6.45) is 12.0. The van der Waals surface area contributed by atoms with Gasteiger partial charge in [-0.2, -0.15) is 12.6 Å². The maximum Gasteiger partial charge on any atom is 0.310 e. The topological polar surface area (TPSA) is 37.3 Å². The van der Waals surface area contributed by atoms with Gasteiger partial charge in [0.15, 0.2) is 0 Å². The van der Waals surface area contributed by atoms with Crippen LogP contribution in [-0.4, -0.2) is 22.2 Å². The fraction of sp³-hybridized carbons (Fsp3) is 0.933. The lowest BCUT2D eigenvalue weighted by Crippen LogP contribution is -2.29. The molecule has 0 aliphatic rings. The van der Waals surface area contributed by atoms with E-state index in [0.717, 1.165) is 25.0 Å². The molecule has 0 aromatic heterocycles. The molecule has 2 nitrogen and oxygen atoms in total. The number of carboxylic acid groups (broad SMARTS) is 1.